The Morgan fingerprint density at radius 2 is 1.77 bits per heavy atom. The number of hydrogen-bond donors (Lipinski definition) is 1. The molecule has 1 rings (SSSR count). The smallest absolute Gasteiger partial charge is 0.109 e. The first-order valence-electron chi connectivity index (χ1n) is 3.42. The molecule has 0 amide bonds. The minimum atomic E-state index is -0.730. The van der Waals surface area contributed by atoms with Crippen LogP contribution in [0.4, 0.5) is 4.39 Å². The maximum atomic E-state index is 12.2. The Labute approximate surface area is 92.4 Å². The molecular weight excluding hydrogens is 235 g/mol. The molecule has 0 saturated carbocycles. The van der Waals surface area contributed by atoms with Gasteiger partial charge in [0, 0.05) is 15.6 Å². The van der Waals surface area contributed by atoms with E-state index < -0.39 is 12.7 Å². The van der Waals surface area contributed by atoms with Crippen LogP contribution in [-0.4, -0.2) is 6.67 Å². The lowest BCUT2D eigenvalue weighted by atomic mass is 10.1. The summed E-state index contributed by atoms with van der Waals surface area (Å²) in [6, 6.07) is 4.24. The van der Waals surface area contributed by atoms with Gasteiger partial charge in [-0.25, -0.2) is 4.39 Å². The zero-order valence-electron chi connectivity index (χ0n) is 6.64. The van der Waals surface area contributed by atoms with Crippen molar-refractivity contribution in [2.24, 2.45) is 5.73 Å². The second kappa shape index (κ2) is 5.66. The third-order valence-corrected chi connectivity index (χ3v) is 2.20. The van der Waals surface area contributed by atoms with Crippen molar-refractivity contribution in [1.29, 1.82) is 0 Å². The van der Waals surface area contributed by atoms with Crippen LogP contribution < -0.4 is 5.73 Å². The van der Waals surface area contributed by atoms with Crippen molar-refractivity contribution in [3.8, 4) is 0 Å². The summed E-state index contributed by atoms with van der Waals surface area (Å²) in [5, 5.41) is 0.820. The molecule has 1 aromatic carbocycles. The van der Waals surface area contributed by atoms with Gasteiger partial charge in [-0.15, -0.1) is 12.4 Å². The number of benzene rings is 1. The molecule has 0 aromatic heterocycles. The van der Waals surface area contributed by atoms with Crippen LogP contribution >= 0.6 is 35.6 Å². The Morgan fingerprint density at radius 3 is 2.15 bits per heavy atom. The van der Waals surface area contributed by atoms with Gasteiger partial charge in [0.1, 0.15) is 6.67 Å². The summed E-state index contributed by atoms with van der Waals surface area (Å²) in [6.07, 6.45) is 0. The lowest BCUT2D eigenvalue weighted by molar-refractivity contribution is 0.437. The van der Waals surface area contributed by atoms with Crippen LogP contribution in [0.1, 0.15) is 11.6 Å². The van der Waals surface area contributed by atoms with E-state index in [1.54, 1.807) is 18.2 Å². The SMILES string of the molecule is Cl.N[C@H](CF)c1c(Cl)cccc1Cl. The summed E-state index contributed by atoms with van der Waals surface area (Å²) < 4.78 is 12.2. The number of halogens is 4. The Bertz CT molecular complexity index is 260. The molecule has 1 aromatic rings. The highest BCUT2D eigenvalue weighted by molar-refractivity contribution is 6.36. The number of nitrogens with two attached hydrogens (primary N) is 1. The zero-order valence-corrected chi connectivity index (χ0v) is 8.96. The van der Waals surface area contributed by atoms with Crippen molar-refractivity contribution in [3.05, 3.63) is 33.8 Å². The standard InChI is InChI=1S/C8H8Cl2FN.ClH/c9-5-2-1-3-6(10)8(5)7(12)4-11;/h1-3,7H,4,12H2;1H/t7-;/m1./s1. The van der Waals surface area contributed by atoms with Crippen molar-refractivity contribution in [2.75, 3.05) is 6.67 Å². The second-order valence-corrected chi connectivity index (χ2v) is 3.21. The van der Waals surface area contributed by atoms with E-state index in [0.717, 1.165) is 0 Å². The molecule has 0 aliphatic carbocycles. The Balaban J connectivity index is 0.00000144. The molecule has 1 nitrogen and oxygen atoms in total. The maximum absolute atomic E-state index is 12.2. The van der Waals surface area contributed by atoms with Gasteiger partial charge in [0.25, 0.3) is 0 Å². The van der Waals surface area contributed by atoms with Crippen molar-refractivity contribution < 1.29 is 4.39 Å². The number of alkyl halides is 1. The third-order valence-electron chi connectivity index (χ3n) is 1.54. The van der Waals surface area contributed by atoms with E-state index in [4.69, 9.17) is 28.9 Å². The van der Waals surface area contributed by atoms with E-state index in [-0.39, 0.29) is 12.4 Å². The summed E-state index contributed by atoms with van der Waals surface area (Å²) in [7, 11) is 0. The van der Waals surface area contributed by atoms with E-state index in [1.165, 1.54) is 0 Å². The van der Waals surface area contributed by atoms with Crippen molar-refractivity contribution in [1.82, 2.24) is 0 Å². The van der Waals surface area contributed by atoms with Crippen molar-refractivity contribution in [3.63, 3.8) is 0 Å². The van der Waals surface area contributed by atoms with Crippen LogP contribution in [-0.2, 0) is 0 Å². The van der Waals surface area contributed by atoms with Crippen LogP contribution in [0, 0.1) is 0 Å². The van der Waals surface area contributed by atoms with Gasteiger partial charge in [-0.2, -0.15) is 0 Å². The van der Waals surface area contributed by atoms with Gasteiger partial charge in [-0.1, -0.05) is 29.3 Å². The number of rotatable bonds is 2. The molecule has 0 radical (unpaired) electrons. The molecule has 74 valence electrons. The monoisotopic (exact) mass is 243 g/mol. The molecule has 1 atom stereocenters. The molecule has 5 heteroatoms. The summed E-state index contributed by atoms with van der Waals surface area (Å²) in [5.74, 6) is 0. The first-order chi connectivity index (χ1) is 5.66. The van der Waals surface area contributed by atoms with Crippen LogP contribution in [0.2, 0.25) is 10.0 Å². The van der Waals surface area contributed by atoms with Gasteiger partial charge >= 0.3 is 0 Å². The average Bonchev–Trinajstić information content (AvgIpc) is 2.03. The van der Waals surface area contributed by atoms with Gasteiger partial charge in [0.05, 0.1) is 6.04 Å². The molecule has 0 heterocycles. The molecule has 13 heavy (non-hydrogen) atoms. The molecule has 0 aliphatic heterocycles. The first kappa shape index (κ1) is 13.0. The maximum Gasteiger partial charge on any atom is 0.109 e. The Morgan fingerprint density at radius 1 is 1.31 bits per heavy atom. The van der Waals surface area contributed by atoms with Gasteiger partial charge in [-0.3, -0.25) is 0 Å². The molecule has 0 aliphatic rings. The molecule has 0 fully saturated rings. The lowest BCUT2D eigenvalue weighted by Crippen LogP contribution is -2.13. The van der Waals surface area contributed by atoms with Crippen LogP contribution in [0.25, 0.3) is 0 Å². The van der Waals surface area contributed by atoms with Crippen molar-refractivity contribution >= 4 is 35.6 Å². The zero-order chi connectivity index (χ0) is 9.14. The molecular formula is C8H9Cl3FN. The highest BCUT2D eigenvalue weighted by atomic mass is 35.5. The van der Waals surface area contributed by atoms with E-state index >= 15 is 0 Å². The van der Waals surface area contributed by atoms with Crippen LogP contribution in [0.3, 0.4) is 0 Å². The average molecular weight is 245 g/mol. The molecule has 0 bridgehead atoms. The van der Waals surface area contributed by atoms with Gasteiger partial charge in [0.15, 0.2) is 0 Å². The minimum absolute atomic E-state index is 0. The minimum Gasteiger partial charge on any atom is -0.322 e. The second-order valence-electron chi connectivity index (χ2n) is 2.40. The fourth-order valence-electron chi connectivity index (χ4n) is 0.942. The molecule has 0 saturated heterocycles. The topological polar surface area (TPSA) is 26.0 Å². The van der Waals surface area contributed by atoms with Crippen molar-refractivity contribution in [2.45, 2.75) is 6.04 Å². The van der Waals surface area contributed by atoms with Crippen LogP contribution in [0.5, 0.6) is 0 Å². The number of hydrogen-bond acceptors (Lipinski definition) is 1. The Hall–Kier alpha value is -0.0200. The van der Waals surface area contributed by atoms with Gasteiger partial charge in [-0.05, 0) is 12.1 Å². The fourth-order valence-corrected chi connectivity index (χ4v) is 1.62. The third kappa shape index (κ3) is 2.99. The largest absolute Gasteiger partial charge is 0.322 e. The lowest BCUT2D eigenvalue weighted by Gasteiger charge is -2.10. The van der Waals surface area contributed by atoms with Gasteiger partial charge in [0.2, 0.25) is 0 Å². The van der Waals surface area contributed by atoms with E-state index in [1.807, 2.05) is 0 Å². The summed E-state index contributed by atoms with van der Waals surface area (Å²) >= 11 is 11.5. The van der Waals surface area contributed by atoms with E-state index in [9.17, 15) is 4.39 Å². The van der Waals surface area contributed by atoms with E-state index in [2.05, 4.69) is 0 Å². The van der Waals surface area contributed by atoms with Gasteiger partial charge < -0.3 is 5.73 Å². The van der Waals surface area contributed by atoms with E-state index in [0.29, 0.717) is 15.6 Å². The quantitative estimate of drug-likeness (QED) is 0.848. The normalized spacial score (nSPS) is 12.0. The predicted octanol–water partition coefficient (Wildman–Crippen LogP) is 3.38. The molecule has 0 spiro atoms. The first-order valence-corrected chi connectivity index (χ1v) is 4.18. The molecule has 0 unspecified atom stereocenters. The summed E-state index contributed by atoms with van der Waals surface area (Å²) in [5.41, 5.74) is 5.93. The highest BCUT2D eigenvalue weighted by Crippen LogP contribution is 2.28. The predicted molar refractivity (Wildman–Crippen MR) is 56.6 cm³/mol. The summed E-state index contributed by atoms with van der Waals surface area (Å²) in [6.45, 7) is -0.663. The summed E-state index contributed by atoms with van der Waals surface area (Å²) in [4.78, 5) is 0. The fraction of sp³-hybridized carbons (Fsp3) is 0.250. The highest BCUT2D eigenvalue weighted by Gasteiger charge is 2.12. The Kier molecular flexibility index (Phi) is 5.65. The van der Waals surface area contributed by atoms with Crippen LogP contribution in [0.15, 0.2) is 18.2 Å². The molecule has 2 N–H and O–H groups in total.